The largest absolute Gasteiger partial charge is 0.508 e. The molecule has 0 heterocycles. The van der Waals surface area contributed by atoms with E-state index < -0.39 is 17.9 Å². The molecule has 6 heteroatoms. The van der Waals surface area contributed by atoms with Crippen LogP contribution < -0.4 is 5.32 Å². The van der Waals surface area contributed by atoms with Crippen LogP contribution in [0.4, 0.5) is 0 Å². The van der Waals surface area contributed by atoms with Gasteiger partial charge in [-0.05, 0) is 36.8 Å². The van der Waals surface area contributed by atoms with E-state index in [1.165, 1.54) is 31.4 Å². The number of rotatable bonds is 4. The van der Waals surface area contributed by atoms with Crippen molar-refractivity contribution in [2.45, 2.75) is 13.0 Å². The topological polar surface area (TPSA) is 95.9 Å². The number of hydrogen-bond acceptors (Lipinski definition) is 5. The summed E-state index contributed by atoms with van der Waals surface area (Å²) in [7, 11) is 1.20. The number of aromatic hydroxyl groups is 2. The van der Waals surface area contributed by atoms with Crippen molar-refractivity contribution in [1.82, 2.24) is 5.32 Å². The molecule has 0 bridgehead atoms. The molecule has 2 aromatic rings. The van der Waals surface area contributed by atoms with Crippen molar-refractivity contribution in [3.63, 3.8) is 0 Å². The minimum Gasteiger partial charge on any atom is -0.508 e. The highest BCUT2D eigenvalue weighted by Gasteiger charge is 2.25. The number of phenolic OH excluding ortho intramolecular Hbond substituents is 2. The first kappa shape index (κ1) is 16.4. The summed E-state index contributed by atoms with van der Waals surface area (Å²) in [5, 5.41) is 21.9. The van der Waals surface area contributed by atoms with E-state index in [2.05, 4.69) is 5.32 Å². The van der Waals surface area contributed by atoms with Crippen LogP contribution in [0, 0.1) is 6.92 Å². The van der Waals surface area contributed by atoms with E-state index in [0.717, 1.165) is 5.56 Å². The van der Waals surface area contributed by atoms with Gasteiger partial charge in [0, 0.05) is 0 Å². The molecule has 0 saturated carbocycles. The van der Waals surface area contributed by atoms with Crippen molar-refractivity contribution in [3.05, 3.63) is 59.2 Å². The van der Waals surface area contributed by atoms with Gasteiger partial charge in [-0.25, -0.2) is 4.79 Å². The van der Waals surface area contributed by atoms with E-state index in [9.17, 15) is 19.8 Å². The monoisotopic (exact) mass is 315 g/mol. The maximum atomic E-state index is 12.4. The zero-order valence-corrected chi connectivity index (χ0v) is 12.7. The zero-order valence-electron chi connectivity index (χ0n) is 12.7. The molecule has 0 fully saturated rings. The number of esters is 1. The Labute approximate surface area is 133 Å². The van der Waals surface area contributed by atoms with Crippen molar-refractivity contribution in [2.75, 3.05) is 7.11 Å². The Morgan fingerprint density at radius 2 is 1.87 bits per heavy atom. The minimum atomic E-state index is -1.10. The van der Waals surface area contributed by atoms with Crippen molar-refractivity contribution in [3.8, 4) is 11.5 Å². The Bertz CT molecular complexity index is 742. The number of carbonyl (C=O) groups excluding carboxylic acids is 2. The van der Waals surface area contributed by atoms with Crippen LogP contribution in [-0.2, 0) is 9.53 Å². The Morgan fingerprint density at radius 3 is 2.52 bits per heavy atom. The smallest absolute Gasteiger partial charge is 0.333 e. The van der Waals surface area contributed by atoms with Crippen LogP contribution in [0.25, 0.3) is 0 Å². The molecule has 2 rings (SSSR count). The molecule has 23 heavy (non-hydrogen) atoms. The number of aryl methyl sites for hydroxylation is 1. The van der Waals surface area contributed by atoms with E-state index in [1.54, 1.807) is 25.1 Å². The number of ether oxygens (including phenoxy) is 1. The third-order valence-electron chi connectivity index (χ3n) is 3.31. The SMILES string of the molecule is COC(=O)[C@H](NC(=O)c1cc(C)ccc1O)c1cccc(O)c1. The lowest BCUT2D eigenvalue weighted by molar-refractivity contribution is -0.143. The summed E-state index contributed by atoms with van der Waals surface area (Å²) < 4.78 is 4.70. The summed E-state index contributed by atoms with van der Waals surface area (Å²) in [4.78, 5) is 24.3. The highest BCUT2D eigenvalue weighted by Crippen LogP contribution is 2.22. The molecule has 2 aromatic carbocycles. The number of phenols is 2. The van der Waals surface area contributed by atoms with Gasteiger partial charge in [-0.1, -0.05) is 23.8 Å². The average Bonchev–Trinajstić information content (AvgIpc) is 2.53. The molecular weight excluding hydrogens is 298 g/mol. The number of methoxy groups -OCH3 is 1. The quantitative estimate of drug-likeness (QED) is 0.751. The molecule has 0 aliphatic carbocycles. The summed E-state index contributed by atoms with van der Waals surface area (Å²) in [6.07, 6.45) is 0. The van der Waals surface area contributed by atoms with Gasteiger partial charge in [0.1, 0.15) is 11.5 Å². The Hall–Kier alpha value is -3.02. The van der Waals surface area contributed by atoms with Crippen LogP contribution in [0.1, 0.15) is 27.5 Å². The second-order valence-corrected chi connectivity index (χ2v) is 5.05. The van der Waals surface area contributed by atoms with Gasteiger partial charge >= 0.3 is 5.97 Å². The van der Waals surface area contributed by atoms with Crippen LogP contribution in [0.5, 0.6) is 11.5 Å². The van der Waals surface area contributed by atoms with Crippen LogP contribution in [0.2, 0.25) is 0 Å². The molecular formula is C17H17NO5. The van der Waals surface area contributed by atoms with Gasteiger partial charge in [-0.15, -0.1) is 0 Å². The van der Waals surface area contributed by atoms with Gasteiger partial charge in [0.2, 0.25) is 0 Å². The summed E-state index contributed by atoms with van der Waals surface area (Å²) in [6, 6.07) is 9.44. The number of carbonyl (C=O) groups is 2. The zero-order chi connectivity index (χ0) is 17.0. The van der Waals surface area contributed by atoms with Crippen molar-refractivity contribution in [1.29, 1.82) is 0 Å². The molecule has 0 aliphatic heterocycles. The molecule has 0 saturated heterocycles. The normalized spacial score (nSPS) is 11.6. The first-order valence-electron chi connectivity index (χ1n) is 6.89. The van der Waals surface area contributed by atoms with Crippen molar-refractivity contribution < 1.29 is 24.5 Å². The fourth-order valence-electron chi connectivity index (χ4n) is 2.14. The highest BCUT2D eigenvalue weighted by atomic mass is 16.5. The Kier molecular flexibility index (Phi) is 4.85. The summed E-state index contributed by atoms with van der Waals surface area (Å²) >= 11 is 0. The minimum absolute atomic E-state index is 0.0379. The van der Waals surface area contributed by atoms with Gasteiger partial charge in [-0.2, -0.15) is 0 Å². The van der Waals surface area contributed by atoms with E-state index in [0.29, 0.717) is 5.56 Å². The lowest BCUT2D eigenvalue weighted by atomic mass is 10.0. The van der Waals surface area contributed by atoms with Crippen LogP contribution in [0.15, 0.2) is 42.5 Å². The van der Waals surface area contributed by atoms with E-state index >= 15 is 0 Å². The van der Waals surface area contributed by atoms with Crippen molar-refractivity contribution >= 4 is 11.9 Å². The molecule has 0 aromatic heterocycles. The van der Waals surface area contributed by atoms with Crippen LogP contribution >= 0.6 is 0 Å². The highest BCUT2D eigenvalue weighted by molar-refractivity contribution is 5.99. The van der Waals surface area contributed by atoms with Gasteiger partial charge in [0.05, 0.1) is 12.7 Å². The molecule has 1 amide bonds. The fraction of sp³-hybridized carbons (Fsp3) is 0.176. The van der Waals surface area contributed by atoms with Gasteiger partial charge < -0.3 is 20.3 Å². The van der Waals surface area contributed by atoms with E-state index in [1.807, 2.05) is 0 Å². The van der Waals surface area contributed by atoms with Gasteiger partial charge in [0.25, 0.3) is 5.91 Å². The molecule has 1 atom stereocenters. The molecule has 0 unspecified atom stereocenters. The molecule has 0 spiro atoms. The third kappa shape index (κ3) is 3.79. The number of nitrogens with one attached hydrogen (secondary N) is 1. The molecule has 0 radical (unpaired) electrons. The number of benzene rings is 2. The molecule has 6 nitrogen and oxygen atoms in total. The summed E-state index contributed by atoms with van der Waals surface area (Å²) in [5.74, 6) is -1.53. The Balaban J connectivity index is 2.33. The van der Waals surface area contributed by atoms with E-state index in [-0.39, 0.29) is 17.1 Å². The van der Waals surface area contributed by atoms with Crippen LogP contribution in [-0.4, -0.2) is 29.2 Å². The summed E-state index contributed by atoms with van der Waals surface area (Å²) in [5.41, 5.74) is 1.22. The lowest BCUT2D eigenvalue weighted by Gasteiger charge is -2.17. The average molecular weight is 315 g/mol. The lowest BCUT2D eigenvalue weighted by Crippen LogP contribution is -2.34. The first-order valence-corrected chi connectivity index (χ1v) is 6.89. The molecule has 120 valence electrons. The third-order valence-corrected chi connectivity index (χ3v) is 3.31. The number of amides is 1. The second-order valence-electron chi connectivity index (χ2n) is 5.05. The standard InChI is InChI=1S/C17H17NO5/c1-10-6-7-14(20)13(8-10)16(21)18-15(17(22)23-2)11-4-3-5-12(19)9-11/h3-9,15,19-20H,1-2H3,(H,18,21)/t15-/m1/s1. The Morgan fingerprint density at radius 1 is 1.13 bits per heavy atom. The first-order chi connectivity index (χ1) is 10.9. The van der Waals surface area contributed by atoms with Gasteiger partial charge in [0.15, 0.2) is 6.04 Å². The van der Waals surface area contributed by atoms with Gasteiger partial charge in [-0.3, -0.25) is 4.79 Å². The molecule has 3 N–H and O–H groups in total. The fourth-order valence-corrected chi connectivity index (χ4v) is 2.14. The van der Waals surface area contributed by atoms with E-state index in [4.69, 9.17) is 4.74 Å². The van der Waals surface area contributed by atoms with Crippen LogP contribution in [0.3, 0.4) is 0 Å². The van der Waals surface area contributed by atoms with Crippen molar-refractivity contribution in [2.24, 2.45) is 0 Å². The predicted octanol–water partition coefficient (Wildman–Crippen LogP) is 2.05. The maximum absolute atomic E-state index is 12.4. The second kappa shape index (κ2) is 6.83. The summed E-state index contributed by atoms with van der Waals surface area (Å²) in [6.45, 7) is 1.78. The molecule has 0 aliphatic rings. The maximum Gasteiger partial charge on any atom is 0.333 e. The number of hydrogen-bond donors (Lipinski definition) is 3. The predicted molar refractivity (Wildman–Crippen MR) is 83.2 cm³/mol.